The molecule has 0 aliphatic rings. The highest BCUT2D eigenvalue weighted by atomic mass is 32.2. The lowest BCUT2D eigenvalue weighted by atomic mass is 10.7. The Morgan fingerprint density at radius 1 is 2.00 bits per heavy atom. The Hall–Kier alpha value is -0.640. The lowest BCUT2D eigenvalue weighted by Gasteiger charge is -1.99. The fourth-order valence-electron chi connectivity index (χ4n) is 0.247. The van der Waals surface area contributed by atoms with Gasteiger partial charge in [0.05, 0.1) is 0 Å². The van der Waals surface area contributed by atoms with Crippen LogP contribution in [0.4, 0.5) is 4.79 Å². The molecule has 0 aromatic rings. The minimum atomic E-state index is -0.428. The predicted molar refractivity (Wildman–Crippen MR) is 38.2 cm³/mol. The van der Waals surface area contributed by atoms with E-state index in [2.05, 4.69) is 16.0 Å². The van der Waals surface area contributed by atoms with E-state index in [1.807, 2.05) is 0 Å². The third-order valence-electron chi connectivity index (χ3n) is 0.518. The second kappa shape index (κ2) is 5.50. The van der Waals surface area contributed by atoms with Gasteiger partial charge in [0.25, 0.3) is 0 Å². The van der Waals surface area contributed by atoms with Gasteiger partial charge in [-0.3, -0.25) is 4.72 Å². The lowest BCUT2D eigenvalue weighted by Crippen LogP contribution is -2.16. The number of amides is 1. The molecule has 0 radical (unpaired) electrons. The van der Waals surface area contributed by atoms with E-state index < -0.39 is 6.09 Å². The minimum absolute atomic E-state index is 0.256. The largest absolute Gasteiger partial charge is 0.445 e. The number of hydrogen-bond acceptors (Lipinski definition) is 3. The molecule has 1 amide bonds. The van der Waals surface area contributed by atoms with Crippen LogP contribution in [0.25, 0.3) is 0 Å². The van der Waals surface area contributed by atoms with Crippen molar-refractivity contribution in [2.24, 2.45) is 0 Å². The Bertz CT molecular complexity index is 105. The van der Waals surface area contributed by atoms with Gasteiger partial charge >= 0.3 is 6.09 Å². The van der Waals surface area contributed by atoms with Gasteiger partial charge < -0.3 is 4.74 Å². The maximum atomic E-state index is 10.4. The Balaban J connectivity index is 3.16. The van der Waals surface area contributed by atoms with Crippen molar-refractivity contribution < 1.29 is 9.53 Å². The van der Waals surface area contributed by atoms with E-state index in [1.54, 1.807) is 6.26 Å². The first-order valence-corrected chi connectivity index (χ1v) is 3.60. The number of hydrogen-bond donors (Lipinski definition) is 1. The summed E-state index contributed by atoms with van der Waals surface area (Å²) in [7, 11) is 0. The average Bonchev–Trinajstić information content (AvgIpc) is 1.85. The average molecular weight is 147 g/mol. The Labute approximate surface area is 58.6 Å². The quantitative estimate of drug-likeness (QED) is 0.481. The van der Waals surface area contributed by atoms with E-state index >= 15 is 0 Å². The molecule has 0 aliphatic carbocycles. The normalized spacial score (nSPS) is 8.11. The second-order valence-corrected chi connectivity index (χ2v) is 1.81. The molecule has 0 rings (SSSR count). The molecule has 0 aliphatic heterocycles. The molecule has 0 aromatic carbocycles. The SMILES string of the molecule is C=CCOC(=O)NSC. The molecule has 1 N–H and O–H groups in total. The van der Waals surface area contributed by atoms with Crippen LogP contribution in [-0.2, 0) is 4.74 Å². The van der Waals surface area contributed by atoms with Crippen molar-refractivity contribution >= 4 is 18.0 Å². The summed E-state index contributed by atoms with van der Waals surface area (Å²) in [5, 5.41) is 0. The number of carbonyl (C=O) groups is 1. The molecule has 3 nitrogen and oxygen atoms in total. The van der Waals surface area contributed by atoms with Crippen LogP contribution in [0.2, 0.25) is 0 Å². The summed E-state index contributed by atoms with van der Waals surface area (Å²) in [6.07, 6.45) is 2.83. The Morgan fingerprint density at radius 3 is 3.11 bits per heavy atom. The van der Waals surface area contributed by atoms with Crippen molar-refractivity contribution in [1.29, 1.82) is 0 Å². The molecular formula is C5H9NO2S. The zero-order valence-electron chi connectivity index (χ0n) is 5.22. The summed E-state index contributed by atoms with van der Waals surface area (Å²) in [6.45, 7) is 3.64. The van der Waals surface area contributed by atoms with E-state index in [4.69, 9.17) is 0 Å². The zero-order valence-corrected chi connectivity index (χ0v) is 6.03. The highest BCUT2D eigenvalue weighted by Gasteiger charge is 1.94. The van der Waals surface area contributed by atoms with E-state index in [0.29, 0.717) is 0 Å². The fraction of sp³-hybridized carbons (Fsp3) is 0.400. The van der Waals surface area contributed by atoms with Gasteiger partial charge in [0.1, 0.15) is 6.61 Å². The highest BCUT2D eigenvalue weighted by Crippen LogP contribution is 1.85. The van der Waals surface area contributed by atoms with Crippen LogP contribution in [0.15, 0.2) is 12.7 Å². The summed E-state index contributed by atoms with van der Waals surface area (Å²) in [6, 6.07) is 0. The summed E-state index contributed by atoms with van der Waals surface area (Å²) in [4.78, 5) is 10.4. The summed E-state index contributed by atoms with van der Waals surface area (Å²) in [5.74, 6) is 0. The summed E-state index contributed by atoms with van der Waals surface area (Å²) < 4.78 is 6.93. The first kappa shape index (κ1) is 8.36. The van der Waals surface area contributed by atoms with Crippen molar-refractivity contribution in [3.8, 4) is 0 Å². The van der Waals surface area contributed by atoms with Crippen LogP contribution in [0, 0.1) is 0 Å². The topological polar surface area (TPSA) is 38.3 Å². The molecule has 0 aromatic heterocycles. The summed E-state index contributed by atoms with van der Waals surface area (Å²) in [5.41, 5.74) is 0. The van der Waals surface area contributed by atoms with Crippen molar-refractivity contribution in [2.75, 3.05) is 12.9 Å². The maximum Gasteiger partial charge on any atom is 0.417 e. The number of ether oxygens (including phenoxy) is 1. The van der Waals surface area contributed by atoms with Crippen LogP contribution < -0.4 is 4.72 Å². The minimum Gasteiger partial charge on any atom is -0.445 e. The van der Waals surface area contributed by atoms with Gasteiger partial charge in [-0.25, -0.2) is 4.79 Å². The van der Waals surface area contributed by atoms with Crippen molar-refractivity contribution in [3.63, 3.8) is 0 Å². The first-order valence-electron chi connectivity index (χ1n) is 2.38. The number of nitrogens with one attached hydrogen (secondary N) is 1. The molecule has 0 heterocycles. The van der Waals surface area contributed by atoms with E-state index in [1.165, 1.54) is 18.0 Å². The molecule has 4 heteroatoms. The monoisotopic (exact) mass is 147 g/mol. The van der Waals surface area contributed by atoms with E-state index in [-0.39, 0.29) is 6.61 Å². The Kier molecular flexibility index (Phi) is 5.11. The molecule has 0 unspecified atom stereocenters. The number of rotatable bonds is 3. The molecular weight excluding hydrogens is 138 g/mol. The fourth-order valence-corrected chi connectivity index (χ4v) is 0.473. The molecule has 9 heavy (non-hydrogen) atoms. The third-order valence-corrected chi connectivity index (χ3v) is 0.888. The maximum absolute atomic E-state index is 10.4. The third kappa shape index (κ3) is 5.23. The van der Waals surface area contributed by atoms with Crippen LogP contribution in [0.1, 0.15) is 0 Å². The zero-order chi connectivity index (χ0) is 7.11. The van der Waals surface area contributed by atoms with Gasteiger partial charge in [0.2, 0.25) is 0 Å². The Morgan fingerprint density at radius 2 is 2.67 bits per heavy atom. The molecule has 0 atom stereocenters. The lowest BCUT2D eigenvalue weighted by molar-refractivity contribution is 0.166. The van der Waals surface area contributed by atoms with Gasteiger partial charge in [-0.2, -0.15) is 0 Å². The van der Waals surface area contributed by atoms with Gasteiger partial charge in [0, 0.05) is 6.26 Å². The van der Waals surface area contributed by atoms with Gasteiger partial charge in [-0.1, -0.05) is 24.6 Å². The van der Waals surface area contributed by atoms with Crippen LogP contribution in [-0.4, -0.2) is 19.0 Å². The standard InChI is InChI=1S/C5H9NO2S/c1-3-4-8-5(7)6-9-2/h3H,1,4H2,2H3,(H,6,7). The molecule has 0 fully saturated rings. The van der Waals surface area contributed by atoms with Crippen molar-refractivity contribution in [1.82, 2.24) is 4.72 Å². The number of carbonyl (C=O) groups excluding carboxylic acids is 1. The van der Waals surface area contributed by atoms with Gasteiger partial charge in [-0.15, -0.1) is 0 Å². The van der Waals surface area contributed by atoms with E-state index in [9.17, 15) is 4.79 Å². The molecule has 0 bridgehead atoms. The predicted octanol–water partition coefficient (Wildman–Crippen LogP) is 1.18. The van der Waals surface area contributed by atoms with Gasteiger partial charge in [0.15, 0.2) is 0 Å². The molecule has 0 spiro atoms. The van der Waals surface area contributed by atoms with Crippen molar-refractivity contribution in [2.45, 2.75) is 0 Å². The van der Waals surface area contributed by atoms with Crippen LogP contribution >= 0.6 is 11.9 Å². The smallest absolute Gasteiger partial charge is 0.417 e. The highest BCUT2D eigenvalue weighted by molar-refractivity contribution is 7.97. The van der Waals surface area contributed by atoms with E-state index in [0.717, 1.165) is 0 Å². The first-order chi connectivity index (χ1) is 4.31. The second-order valence-electron chi connectivity index (χ2n) is 1.19. The van der Waals surface area contributed by atoms with Gasteiger partial charge in [-0.05, 0) is 0 Å². The molecule has 0 saturated heterocycles. The molecule has 52 valence electrons. The van der Waals surface area contributed by atoms with Crippen LogP contribution in [0.3, 0.4) is 0 Å². The van der Waals surface area contributed by atoms with Crippen LogP contribution in [0.5, 0.6) is 0 Å². The van der Waals surface area contributed by atoms with Crippen molar-refractivity contribution in [3.05, 3.63) is 12.7 Å². The summed E-state index contributed by atoms with van der Waals surface area (Å²) >= 11 is 1.20. The molecule has 0 saturated carbocycles.